The summed E-state index contributed by atoms with van der Waals surface area (Å²) in [5.41, 5.74) is -0.860. The van der Waals surface area contributed by atoms with Crippen LogP contribution in [0.4, 0.5) is 4.39 Å². The summed E-state index contributed by atoms with van der Waals surface area (Å²) >= 11 is 5.72. The Morgan fingerprint density at radius 3 is 2.82 bits per heavy atom. The van der Waals surface area contributed by atoms with Gasteiger partial charge in [0.25, 0.3) is 5.91 Å². The topological polar surface area (TPSA) is 40.5 Å². The first-order valence-electron chi connectivity index (χ1n) is 5.42. The molecule has 2 rings (SSSR count). The first-order valence-corrected chi connectivity index (χ1v) is 5.80. The number of benzene rings is 1. The maximum absolute atomic E-state index is 13.4. The van der Waals surface area contributed by atoms with E-state index in [2.05, 4.69) is 0 Å². The molecule has 0 bridgehead atoms. The van der Waals surface area contributed by atoms with Gasteiger partial charge in [0.2, 0.25) is 0 Å². The molecule has 0 saturated carbocycles. The highest BCUT2D eigenvalue weighted by Crippen LogP contribution is 2.27. The molecule has 1 saturated heterocycles. The van der Waals surface area contributed by atoms with Crippen molar-refractivity contribution in [3.63, 3.8) is 0 Å². The zero-order valence-electron chi connectivity index (χ0n) is 9.41. The molecule has 0 radical (unpaired) electrons. The van der Waals surface area contributed by atoms with Crippen molar-refractivity contribution in [2.75, 3.05) is 13.1 Å². The van der Waals surface area contributed by atoms with E-state index in [0.29, 0.717) is 11.4 Å². The molecular weight excluding hydrogens is 245 g/mol. The van der Waals surface area contributed by atoms with Crippen LogP contribution in [0, 0.1) is 5.82 Å². The molecule has 1 aliphatic rings. The zero-order valence-corrected chi connectivity index (χ0v) is 10.2. The van der Waals surface area contributed by atoms with Gasteiger partial charge in [0, 0.05) is 5.02 Å². The fourth-order valence-electron chi connectivity index (χ4n) is 1.86. The van der Waals surface area contributed by atoms with E-state index in [1.54, 1.807) is 0 Å². The second kappa shape index (κ2) is 4.27. The minimum absolute atomic E-state index is 0.0457. The van der Waals surface area contributed by atoms with E-state index in [0.717, 1.165) is 0 Å². The molecule has 1 fully saturated rings. The average molecular weight is 258 g/mol. The zero-order chi connectivity index (χ0) is 12.6. The predicted octanol–water partition coefficient (Wildman–Crippen LogP) is 2.08. The Morgan fingerprint density at radius 2 is 2.24 bits per heavy atom. The van der Waals surface area contributed by atoms with Gasteiger partial charge in [0.05, 0.1) is 24.3 Å². The van der Waals surface area contributed by atoms with Gasteiger partial charge in [-0.3, -0.25) is 4.79 Å². The van der Waals surface area contributed by atoms with Crippen molar-refractivity contribution in [1.82, 2.24) is 4.90 Å². The standard InChI is InChI=1S/C12H13ClFNO2/c1-2-12(17)6-15(7-12)11(16)9-5-8(13)3-4-10(9)14/h3-5,17H,2,6-7H2,1H3. The molecule has 0 atom stereocenters. The Hall–Kier alpha value is -1.13. The molecule has 1 N–H and O–H groups in total. The van der Waals surface area contributed by atoms with Crippen molar-refractivity contribution in [3.8, 4) is 0 Å². The number of rotatable bonds is 2. The van der Waals surface area contributed by atoms with E-state index >= 15 is 0 Å². The highest BCUT2D eigenvalue weighted by Gasteiger charge is 2.42. The van der Waals surface area contributed by atoms with Crippen molar-refractivity contribution in [2.24, 2.45) is 0 Å². The Kier molecular flexibility index (Phi) is 3.10. The quantitative estimate of drug-likeness (QED) is 0.881. The van der Waals surface area contributed by atoms with Crippen LogP contribution in [-0.4, -0.2) is 34.6 Å². The molecule has 1 aromatic carbocycles. The third-order valence-electron chi connectivity index (χ3n) is 3.07. The third kappa shape index (κ3) is 2.28. The normalized spacial score (nSPS) is 17.8. The van der Waals surface area contributed by atoms with Gasteiger partial charge in [-0.25, -0.2) is 4.39 Å². The van der Waals surface area contributed by atoms with E-state index in [9.17, 15) is 14.3 Å². The molecule has 1 aromatic rings. The van der Waals surface area contributed by atoms with Gasteiger partial charge in [-0.15, -0.1) is 0 Å². The molecular formula is C12H13ClFNO2. The number of nitrogens with zero attached hydrogens (tertiary/aromatic N) is 1. The lowest BCUT2D eigenvalue weighted by Crippen LogP contribution is -2.63. The molecule has 17 heavy (non-hydrogen) atoms. The summed E-state index contributed by atoms with van der Waals surface area (Å²) < 4.78 is 13.4. The molecule has 92 valence electrons. The first kappa shape index (κ1) is 12.3. The summed E-state index contributed by atoms with van der Waals surface area (Å²) in [4.78, 5) is 13.3. The van der Waals surface area contributed by atoms with Crippen LogP contribution in [-0.2, 0) is 0 Å². The highest BCUT2D eigenvalue weighted by atomic mass is 35.5. The lowest BCUT2D eigenvalue weighted by atomic mass is 9.90. The Labute approximate surface area is 104 Å². The summed E-state index contributed by atoms with van der Waals surface area (Å²) in [7, 11) is 0. The van der Waals surface area contributed by atoms with Crippen LogP contribution in [0.25, 0.3) is 0 Å². The van der Waals surface area contributed by atoms with Gasteiger partial charge in [0.15, 0.2) is 0 Å². The van der Waals surface area contributed by atoms with Crippen LogP contribution in [0.1, 0.15) is 23.7 Å². The van der Waals surface area contributed by atoms with Crippen molar-refractivity contribution in [2.45, 2.75) is 18.9 Å². The number of aliphatic hydroxyl groups is 1. The summed E-state index contributed by atoms with van der Waals surface area (Å²) in [6.07, 6.45) is 0.578. The fraction of sp³-hybridized carbons (Fsp3) is 0.417. The Morgan fingerprint density at radius 1 is 1.59 bits per heavy atom. The van der Waals surface area contributed by atoms with Gasteiger partial charge in [-0.1, -0.05) is 18.5 Å². The number of halogens is 2. The largest absolute Gasteiger partial charge is 0.386 e. The molecule has 1 aliphatic heterocycles. The SMILES string of the molecule is CCC1(O)CN(C(=O)c2cc(Cl)ccc2F)C1. The van der Waals surface area contributed by atoms with Gasteiger partial charge in [-0.05, 0) is 24.6 Å². The number of hydrogen-bond donors (Lipinski definition) is 1. The number of amides is 1. The maximum Gasteiger partial charge on any atom is 0.257 e. The summed E-state index contributed by atoms with van der Waals surface area (Å²) in [6, 6.07) is 3.87. The molecule has 0 aromatic heterocycles. The monoisotopic (exact) mass is 257 g/mol. The molecule has 5 heteroatoms. The van der Waals surface area contributed by atoms with E-state index in [4.69, 9.17) is 11.6 Å². The number of β-amino-alcohol motifs (C(OH)–C–C–N with tert-alkyl or cyclic N) is 1. The minimum atomic E-state index is -0.815. The molecule has 1 heterocycles. The number of likely N-dealkylation sites (tertiary alicyclic amines) is 1. The van der Waals surface area contributed by atoms with Crippen molar-refractivity contribution >= 4 is 17.5 Å². The van der Waals surface area contributed by atoms with Gasteiger partial charge < -0.3 is 10.0 Å². The van der Waals surface area contributed by atoms with Gasteiger partial charge in [-0.2, -0.15) is 0 Å². The van der Waals surface area contributed by atoms with Crippen LogP contribution < -0.4 is 0 Å². The van der Waals surface area contributed by atoms with Gasteiger partial charge >= 0.3 is 0 Å². The highest BCUT2D eigenvalue weighted by molar-refractivity contribution is 6.31. The van der Waals surface area contributed by atoms with Crippen molar-refractivity contribution < 1.29 is 14.3 Å². The number of hydrogen-bond acceptors (Lipinski definition) is 2. The molecule has 0 unspecified atom stereocenters. The maximum atomic E-state index is 13.4. The van der Waals surface area contributed by atoms with Gasteiger partial charge in [0.1, 0.15) is 5.82 Å². The van der Waals surface area contributed by atoms with Crippen LogP contribution >= 0.6 is 11.6 Å². The van der Waals surface area contributed by atoms with E-state index in [-0.39, 0.29) is 18.7 Å². The fourth-order valence-corrected chi connectivity index (χ4v) is 2.04. The lowest BCUT2D eigenvalue weighted by molar-refractivity contribution is -0.0827. The smallest absolute Gasteiger partial charge is 0.257 e. The van der Waals surface area contributed by atoms with Crippen LogP contribution in [0.2, 0.25) is 5.02 Å². The second-order valence-corrected chi connectivity index (χ2v) is 4.80. The predicted molar refractivity (Wildman–Crippen MR) is 62.6 cm³/mol. The third-order valence-corrected chi connectivity index (χ3v) is 3.31. The van der Waals surface area contributed by atoms with Crippen molar-refractivity contribution in [3.05, 3.63) is 34.6 Å². The summed E-state index contributed by atoms with van der Waals surface area (Å²) in [5.74, 6) is -1.02. The molecule has 0 spiro atoms. The van der Waals surface area contributed by atoms with Crippen molar-refractivity contribution in [1.29, 1.82) is 0 Å². The van der Waals surface area contributed by atoms with E-state index < -0.39 is 17.3 Å². The van der Waals surface area contributed by atoms with Crippen LogP contribution in [0.15, 0.2) is 18.2 Å². The second-order valence-electron chi connectivity index (χ2n) is 4.36. The number of carbonyl (C=O) groups excluding carboxylic acids is 1. The summed E-state index contributed by atoms with van der Waals surface area (Å²) in [6.45, 7) is 2.34. The molecule has 1 amide bonds. The average Bonchev–Trinajstić information content (AvgIpc) is 2.27. The Bertz CT molecular complexity index is 458. The van der Waals surface area contributed by atoms with E-state index in [1.807, 2.05) is 6.92 Å². The van der Waals surface area contributed by atoms with Crippen LogP contribution in [0.5, 0.6) is 0 Å². The Balaban J connectivity index is 2.14. The minimum Gasteiger partial charge on any atom is -0.386 e. The molecule has 3 nitrogen and oxygen atoms in total. The summed E-state index contributed by atoms with van der Waals surface area (Å²) in [5, 5.41) is 10.1. The van der Waals surface area contributed by atoms with Crippen LogP contribution in [0.3, 0.4) is 0 Å². The first-order chi connectivity index (χ1) is 7.95. The lowest BCUT2D eigenvalue weighted by Gasteiger charge is -2.46. The number of carbonyl (C=O) groups is 1. The molecule has 0 aliphatic carbocycles. The van der Waals surface area contributed by atoms with E-state index in [1.165, 1.54) is 23.1 Å².